The normalized spacial score (nSPS) is 10.4. The van der Waals surface area contributed by atoms with Crippen molar-refractivity contribution in [2.45, 2.75) is 0 Å². The van der Waals surface area contributed by atoms with Crippen LogP contribution >= 0.6 is 23.2 Å². The molecule has 126 valence electrons. The van der Waals surface area contributed by atoms with Crippen LogP contribution in [0.5, 0.6) is 0 Å². The number of hydrogen-bond acceptors (Lipinski definition) is 4. The second-order valence-corrected chi connectivity index (χ2v) is 5.92. The first-order valence-corrected chi connectivity index (χ1v) is 7.87. The molecule has 0 saturated carbocycles. The average molecular weight is 377 g/mol. The van der Waals surface area contributed by atoms with Crippen LogP contribution in [0.25, 0.3) is 0 Å². The predicted molar refractivity (Wildman–Crippen MR) is 96.1 cm³/mol. The van der Waals surface area contributed by atoms with Gasteiger partial charge in [0.25, 0.3) is 5.91 Å². The minimum Gasteiger partial charge on any atom is -0.324 e. The van der Waals surface area contributed by atoms with E-state index in [-0.39, 0.29) is 11.5 Å². The number of benzene rings is 2. The van der Waals surface area contributed by atoms with Gasteiger partial charge in [0.1, 0.15) is 5.82 Å². The minimum atomic E-state index is -0.442. The van der Waals surface area contributed by atoms with Crippen LogP contribution in [-0.2, 0) is 0 Å². The Morgan fingerprint density at radius 1 is 0.960 bits per heavy atom. The summed E-state index contributed by atoms with van der Waals surface area (Å²) in [4.78, 5) is 20.3. The van der Waals surface area contributed by atoms with Gasteiger partial charge in [-0.05, 0) is 36.4 Å². The maximum Gasteiger partial charge on any atom is 0.258 e. The fourth-order valence-corrected chi connectivity index (χ4v) is 2.56. The molecular formula is C17H11Cl2FN4O. The number of nitrogens with one attached hydrogen (secondary N) is 2. The molecule has 25 heavy (non-hydrogen) atoms. The number of amides is 1. The molecular weight excluding hydrogens is 366 g/mol. The van der Waals surface area contributed by atoms with Crippen molar-refractivity contribution in [3.05, 3.63) is 76.3 Å². The Labute approximate surface area is 152 Å². The number of carbonyl (C=O) groups is 1. The average Bonchev–Trinajstić information content (AvgIpc) is 2.54. The molecule has 2 aromatic carbocycles. The SMILES string of the molecule is O=C(Nc1cccc(F)c1)c1cnc(Nc2cc(Cl)cc(Cl)c2)nc1. The summed E-state index contributed by atoms with van der Waals surface area (Å²) >= 11 is 11.9. The van der Waals surface area contributed by atoms with Crippen LogP contribution in [0.2, 0.25) is 10.0 Å². The van der Waals surface area contributed by atoms with Gasteiger partial charge in [-0.15, -0.1) is 0 Å². The van der Waals surface area contributed by atoms with Gasteiger partial charge in [0, 0.05) is 33.8 Å². The molecule has 3 aromatic rings. The Kier molecular flexibility index (Phi) is 5.11. The third kappa shape index (κ3) is 4.65. The van der Waals surface area contributed by atoms with E-state index in [1.54, 1.807) is 24.3 Å². The molecule has 0 aliphatic rings. The summed E-state index contributed by atoms with van der Waals surface area (Å²) in [5.74, 6) is -0.600. The standard InChI is InChI=1S/C17H11Cl2FN4O/c18-11-4-12(19)6-15(5-11)24-17-21-8-10(9-22-17)16(25)23-14-3-1-2-13(20)7-14/h1-9H,(H,23,25)(H,21,22,24). The third-order valence-electron chi connectivity index (χ3n) is 3.12. The van der Waals surface area contributed by atoms with E-state index < -0.39 is 11.7 Å². The third-order valence-corrected chi connectivity index (χ3v) is 3.55. The smallest absolute Gasteiger partial charge is 0.258 e. The van der Waals surface area contributed by atoms with Crippen LogP contribution in [0.3, 0.4) is 0 Å². The largest absolute Gasteiger partial charge is 0.324 e. The molecule has 1 amide bonds. The van der Waals surface area contributed by atoms with Crippen molar-refractivity contribution < 1.29 is 9.18 Å². The summed E-state index contributed by atoms with van der Waals surface area (Å²) in [5, 5.41) is 6.45. The predicted octanol–water partition coefficient (Wildman–Crippen LogP) is 4.92. The van der Waals surface area contributed by atoms with Crippen molar-refractivity contribution >= 4 is 46.4 Å². The highest BCUT2D eigenvalue weighted by molar-refractivity contribution is 6.35. The molecule has 5 nitrogen and oxygen atoms in total. The first kappa shape index (κ1) is 17.1. The fourth-order valence-electron chi connectivity index (χ4n) is 2.03. The number of halogens is 3. The van der Waals surface area contributed by atoms with Gasteiger partial charge in [-0.1, -0.05) is 29.3 Å². The van der Waals surface area contributed by atoms with Crippen molar-refractivity contribution in [1.29, 1.82) is 0 Å². The van der Waals surface area contributed by atoms with Crippen LogP contribution < -0.4 is 10.6 Å². The zero-order chi connectivity index (χ0) is 17.8. The topological polar surface area (TPSA) is 66.9 Å². The van der Waals surface area contributed by atoms with Gasteiger partial charge < -0.3 is 10.6 Å². The van der Waals surface area contributed by atoms with Crippen molar-refractivity contribution in [2.75, 3.05) is 10.6 Å². The number of hydrogen-bond donors (Lipinski definition) is 2. The van der Waals surface area contributed by atoms with Crippen LogP contribution in [0.1, 0.15) is 10.4 Å². The number of nitrogens with zero attached hydrogens (tertiary/aromatic N) is 2. The maximum absolute atomic E-state index is 13.1. The zero-order valence-electron chi connectivity index (χ0n) is 12.6. The molecule has 0 aliphatic heterocycles. The summed E-state index contributed by atoms with van der Waals surface area (Å²) < 4.78 is 13.1. The van der Waals surface area contributed by atoms with Crippen LogP contribution in [-0.4, -0.2) is 15.9 Å². The molecule has 0 spiro atoms. The lowest BCUT2D eigenvalue weighted by molar-refractivity contribution is 0.102. The van der Waals surface area contributed by atoms with Crippen molar-refractivity contribution in [2.24, 2.45) is 0 Å². The number of anilines is 3. The van der Waals surface area contributed by atoms with E-state index in [2.05, 4.69) is 20.6 Å². The summed E-state index contributed by atoms with van der Waals surface area (Å²) in [7, 11) is 0. The Balaban J connectivity index is 1.70. The summed E-state index contributed by atoms with van der Waals surface area (Å²) in [6, 6.07) is 10.5. The Morgan fingerprint density at radius 2 is 1.64 bits per heavy atom. The molecule has 8 heteroatoms. The van der Waals surface area contributed by atoms with Gasteiger partial charge in [0.05, 0.1) is 5.56 Å². The summed E-state index contributed by atoms with van der Waals surface area (Å²) in [5.41, 5.74) is 1.20. The molecule has 0 aliphatic carbocycles. The molecule has 0 fully saturated rings. The van der Waals surface area contributed by atoms with Gasteiger partial charge in [0.15, 0.2) is 0 Å². The van der Waals surface area contributed by atoms with E-state index in [1.807, 2.05) is 0 Å². The number of carbonyl (C=O) groups excluding carboxylic acids is 1. The van der Waals surface area contributed by atoms with E-state index in [9.17, 15) is 9.18 Å². The molecule has 0 unspecified atom stereocenters. The summed E-state index contributed by atoms with van der Waals surface area (Å²) in [6.45, 7) is 0. The van der Waals surface area contributed by atoms with Gasteiger partial charge in [-0.3, -0.25) is 4.79 Å². The Hall–Kier alpha value is -2.70. The second-order valence-electron chi connectivity index (χ2n) is 5.04. The first-order chi connectivity index (χ1) is 12.0. The Morgan fingerprint density at radius 3 is 2.28 bits per heavy atom. The number of rotatable bonds is 4. The lowest BCUT2D eigenvalue weighted by atomic mass is 10.2. The maximum atomic E-state index is 13.1. The second kappa shape index (κ2) is 7.46. The van der Waals surface area contributed by atoms with Crippen LogP contribution in [0.4, 0.5) is 21.7 Å². The van der Waals surface area contributed by atoms with Crippen molar-refractivity contribution in [3.63, 3.8) is 0 Å². The van der Waals surface area contributed by atoms with Crippen molar-refractivity contribution in [1.82, 2.24) is 9.97 Å². The molecule has 3 rings (SSSR count). The van der Waals surface area contributed by atoms with Gasteiger partial charge in [0.2, 0.25) is 5.95 Å². The molecule has 0 saturated heterocycles. The first-order valence-electron chi connectivity index (χ1n) is 7.12. The molecule has 1 aromatic heterocycles. The van der Waals surface area contributed by atoms with E-state index >= 15 is 0 Å². The van der Waals surface area contributed by atoms with Gasteiger partial charge >= 0.3 is 0 Å². The van der Waals surface area contributed by atoms with Crippen LogP contribution in [0, 0.1) is 5.82 Å². The highest BCUT2D eigenvalue weighted by Gasteiger charge is 2.09. The number of aromatic nitrogens is 2. The lowest BCUT2D eigenvalue weighted by Crippen LogP contribution is -2.13. The highest BCUT2D eigenvalue weighted by Crippen LogP contribution is 2.24. The quantitative estimate of drug-likeness (QED) is 0.678. The lowest BCUT2D eigenvalue weighted by Gasteiger charge is -2.07. The van der Waals surface area contributed by atoms with E-state index in [0.29, 0.717) is 21.4 Å². The minimum absolute atomic E-state index is 0.235. The van der Waals surface area contributed by atoms with Crippen molar-refractivity contribution in [3.8, 4) is 0 Å². The zero-order valence-corrected chi connectivity index (χ0v) is 14.1. The summed E-state index contributed by atoms with van der Waals surface area (Å²) in [6.07, 6.45) is 2.71. The molecule has 0 atom stereocenters. The molecule has 2 N–H and O–H groups in total. The molecule has 1 heterocycles. The van der Waals surface area contributed by atoms with Gasteiger partial charge in [-0.2, -0.15) is 0 Å². The highest BCUT2D eigenvalue weighted by atomic mass is 35.5. The van der Waals surface area contributed by atoms with Crippen LogP contribution in [0.15, 0.2) is 54.9 Å². The molecule has 0 radical (unpaired) electrons. The molecule has 0 bridgehead atoms. The Bertz CT molecular complexity index is 899. The van der Waals surface area contributed by atoms with E-state index in [1.165, 1.54) is 30.6 Å². The monoisotopic (exact) mass is 376 g/mol. The van der Waals surface area contributed by atoms with Gasteiger partial charge in [-0.25, -0.2) is 14.4 Å². The fraction of sp³-hybridized carbons (Fsp3) is 0. The van der Waals surface area contributed by atoms with E-state index in [4.69, 9.17) is 23.2 Å². The van der Waals surface area contributed by atoms with E-state index in [0.717, 1.165) is 0 Å².